The van der Waals surface area contributed by atoms with Crippen LogP contribution in [0.15, 0.2) is 43.0 Å². The fourth-order valence-electron chi connectivity index (χ4n) is 9.47. The van der Waals surface area contributed by atoms with Crippen molar-refractivity contribution >= 4 is 54.4 Å². The van der Waals surface area contributed by atoms with Crippen LogP contribution in [-0.2, 0) is 13.1 Å². The Kier molecular flexibility index (Phi) is 9.61. The van der Waals surface area contributed by atoms with E-state index in [1.165, 1.54) is 52.7 Å². The standard InChI is InChI=1S/C45H55N11OS2/c1-25(2)36-38(29-15-27(5)43-46-24-47-55(43)19-29)48-34-18-32(59-41(34)36)22-54-14-13-52(8)35(23-54)42-50-44-28(6)16-30(20-56(44)51-42)39-37(26(3)4)40-33(49-39)17-31(58-40)21-53-11-9-45(7,57)10-12-53/h15-20,24-26,35,48-49,57H,9-14,21-23H2,1-8H3. The molecule has 0 bridgehead atoms. The van der Waals surface area contributed by atoms with Gasteiger partial charge in [-0.2, -0.15) is 5.10 Å². The topological polar surface area (TPSA) is 122 Å². The van der Waals surface area contributed by atoms with Crippen LogP contribution in [0.3, 0.4) is 0 Å². The molecule has 1 atom stereocenters. The van der Waals surface area contributed by atoms with Gasteiger partial charge >= 0.3 is 0 Å². The molecule has 10 rings (SSSR count). The van der Waals surface area contributed by atoms with Gasteiger partial charge in [-0.1, -0.05) is 27.7 Å². The van der Waals surface area contributed by atoms with Gasteiger partial charge in [-0.25, -0.2) is 19.0 Å². The molecular formula is C45H55N11OS2. The zero-order valence-electron chi connectivity index (χ0n) is 35.4. The Labute approximate surface area is 352 Å². The Morgan fingerprint density at radius 3 is 1.97 bits per heavy atom. The van der Waals surface area contributed by atoms with Crippen molar-refractivity contribution in [1.82, 2.24) is 53.9 Å². The molecule has 10 heterocycles. The van der Waals surface area contributed by atoms with Crippen LogP contribution in [0.4, 0.5) is 0 Å². The fraction of sp³-hybridized carbons (Fsp3) is 0.467. The first-order valence-corrected chi connectivity index (χ1v) is 22.8. The number of likely N-dealkylation sites (tertiary alicyclic amines) is 1. The number of pyridine rings is 2. The third kappa shape index (κ3) is 7.01. The van der Waals surface area contributed by atoms with Gasteiger partial charge in [-0.3, -0.25) is 14.7 Å². The van der Waals surface area contributed by atoms with Crippen LogP contribution >= 0.6 is 22.7 Å². The predicted molar refractivity (Wildman–Crippen MR) is 240 cm³/mol. The van der Waals surface area contributed by atoms with Gasteiger partial charge in [-0.15, -0.1) is 27.8 Å². The zero-order valence-corrected chi connectivity index (χ0v) is 37.1. The molecule has 2 aliphatic heterocycles. The minimum atomic E-state index is -0.531. The molecule has 12 nitrogen and oxygen atoms in total. The summed E-state index contributed by atoms with van der Waals surface area (Å²) >= 11 is 3.83. The van der Waals surface area contributed by atoms with E-state index in [1.54, 1.807) is 6.33 Å². The fourth-order valence-corrected chi connectivity index (χ4v) is 12.2. The zero-order chi connectivity index (χ0) is 40.9. The van der Waals surface area contributed by atoms with Crippen LogP contribution in [0.2, 0.25) is 0 Å². The number of aryl methyl sites for hydroxylation is 2. The lowest BCUT2D eigenvalue weighted by Crippen LogP contribution is -2.46. The number of hydrogen-bond donors (Lipinski definition) is 3. The number of aliphatic hydroxyl groups is 1. The average molecular weight is 830 g/mol. The second-order valence-corrected chi connectivity index (χ2v) is 20.4. The maximum Gasteiger partial charge on any atom is 0.170 e. The van der Waals surface area contributed by atoms with Crippen molar-refractivity contribution < 1.29 is 5.11 Å². The first-order chi connectivity index (χ1) is 28.3. The van der Waals surface area contributed by atoms with Crippen molar-refractivity contribution in [3.05, 3.63) is 80.8 Å². The number of piperidine rings is 1. The summed E-state index contributed by atoms with van der Waals surface area (Å²) in [4.78, 5) is 27.5. The molecule has 0 amide bonds. The SMILES string of the molecule is Cc1cc(-c2[nH]c3cc(CN4CCN(C)C(c5nc6c(C)cc(-c7[nH]c8cc(CN9CCC(C)(O)CC9)sc8c7C(C)C)cn6n5)C4)sc3c2C(C)C)cn2ncnc12. The number of aromatic amines is 2. The second-order valence-electron chi connectivity index (χ2n) is 18.1. The van der Waals surface area contributed by atoms with Crippen molar-refractivity contribution in [3.63, 3.8) is 0 Å². The Hall–Kier alpha value is -4.44. The lowest BCUT2D eigenvalue weighted by molar-refractivity contribution is -0.00706. The number of hydrogen-bond acceptors (Lipinski definition) is 10. The van der Waals surface area contributed by atoms with Gasteiger partial charge in [0, 0.05) is 79.1 Å². The third-order valence-corrected chi connectivity index (χ3v) is 15.1. The summed E-state index contributed by atoms with van der Waals surface area (Å²) in [5, 5.41) is 20.1. The molecule has 0 aliphatic carbocycles. The number of nitrogens with one attached hydrogen (secondary N) is 2. The van der Waals surface area contributed by atoms with E-state index in [-0.39, 0.29) is 6.04 Å². The molecule has 1 unspecified atom stereocenters. The first-order valence-electron chi connectivity index (χ1n) is 21.1. The molecular weight excluding hydrogens is 775 g/mol. The Morgan fingerprint density at radius 2 is 1.36 bits per heavy atom. The highest BCUT2D eigenvalue weighted by molar-refractivity contribution is 7.19. The summed E-state index contributed by atoms with van der Waals surface area (Å²) in [6, 6.07) is 9.28. The number of nitrogens with zero attached hydrogens (tertiary/aromatic N) is 9. The predicted octanol–water partition coefficient (Wildman–Crippen LogP) is 8.89. The first kappa shape index (κ1) is 38.7. The molecule has 8 aromatic rings. The molecule has 59 heavy (non-hydrogen) atoms. The van der Waals surface area contributed by atoms with Crippen LogP contribution in [0.25, 0.3) is 54.2 Å². The average Bonchev–Trinajstić information content (AvgIpc) is 4.03. The summed E-state index contributed by atoms with van der Waals surface area (Å²) in [6.07, 6.45) is 7.53. The van der Waals surface area contributed by atoms with Gasteiger partial charge in [0.2, 0.25) is 0 Å². The van der Waals surface area contributed by atoms with Crippen LogP contribution in [-0.4, -0.2) is 104 Å². The van der Waals surface area contributed by atoms with E-state index in [0.29, 0.717) is 11.8 Å². The highest BCUT2D eigenvalue weighted by Crippen LogP contribution is 2.42. The van der Waals surface area contributed by atoms with E-state index in [9.17, 15) is 5.11 Å². The minimum Gasteiger partial charge on any atom is -0.390 e. The van der Waals surface area contributed by atoms with Gasteiger partial charge in [0.15, 0.2) is 17.1 Å². The maximum absolute atomic E-state index is 10.4. The summed E-state index contributed by atoms with van der Waals surface area (Å²) in [5.41, 5.74) is 13.3. The molecule has 2 saturated heterocycles. The summed E-state index contributed by atoms with van der Waals surface area (Å²) in [6.45, 7) is 21.9. The molecule has 14 heteroatoms. The Bertz CT molecular complexity index is 2840. The molecule has 0 spiro atoms. The van der Waals surface area contributed by atoms with E-state index in [4.69, 9.17) is 10.1 Å². The monoisotopic (exact) mass is 829 g/mol. The molecule has 0 radical (unpaired) electrons. The van der Waals surface area contributed by atoms with Gasteiger partial charge < -0.3 is 15.1 Å². The molecule has 0 aromatic carbocycles. The van der Waals surface area contributed by atoms with Crippen molar-refractivity contribution in [2.24, 2.45) is 0 Å². The molecule has 2 aliphatic rings. The molecule has 2 fully saturated rings. The highest BCUT2D eigenvalue weighted by Gasteiger charge is 2.31. The Balaban J connectivity index is 0.890. The molecule has 0 saturated carbocycles. The lowest BCUT2D eigenvalue weighted by atomic mass is 9.94. The van der Waals surface area contributed by atoms with Crippen molar-refractivity contribution in [2.45, 2.75) is 97.9 Å². The van der Waals surface area contributed by atoms with Crippen LogP contribution in [0.5, 0.6) is 0 Å². The van der Waals surface area contributed by atoms with E-state index in [2.05, 4.69) is 120 Å². The number of fused-ring (bicyclic) bond motifs is 4. The smallest absolute Gasteiger partial charge is 0.170 e. The quantitative estimate of drug-likeness (QED) is 0.132. The summed E-state index contributed by atoms with van der Waals surface area (Å²) in [5.74, 6) is 1.60. The number of H-pyrrole nitrogens is 2. The van der Waals surface area contributed by atoms with E-state index < -0.39 is 5.60 Å². The number of likely N-dealkylation sites (N-methyl/N-ethyl adjacent to an activating group) is 1. The number of rotatable bonds is 9. The Morgan fingerprint density at radius 1 is 0.780 bits per heavy atom. The third-order valence-electron chi connectivity index (χ3n) is 12.8. The number of piperazine rings is 1. The minimum absolute atomic E-state index is 0.0931. The van der Waals surface area contributed by atoms with Gasteiger partial charge in [-0.05, 0) is 99.0 Å². The van der Waals surface area contributed by atoms with Crippen LogP contribution in [0.1, 0.15) is 103 Å². The molecule has 8 aromatic heterocycles. The van der Waals surface area contributed by atoms with E-state index in [1.807, 2.05) is 38.6 Å². The number of aromatic nitrogens is 8. The van der Waals surface area contributed by atoms with Crippen LogP contribution < -0.4 is 0 Å². The van der Waals surface area contributed by atoms with Gasteiger partial charge in [0.25, 0.3) is 0 Å². The molecule has 3 N–H and O–H groups in total. The van der Waals surface area contributed by atoms with Gasteiger partial charge in [0.05, 0.1) is 43.5 Å². The maximum atomic E-state index is 10.4. The van der Waals surface area contributed by atoms with Crippen LogP contribution in [0, 0.1) is 13.8 Å². The molecule has 308 valence electrons. The summed E-state index contributed by atoms with van der Waals surface area (Å²) < 4.78 is 6.58. The summed E-state index contributed by atoms with van der Waals surface area (Å²) in [7, 11) is 2.21. The second kappa shape index (κ2) is 14.6. The largest absolute Gasteiger partial charge is 0.390 e. The van der Waals surface area contributed by atoms with Crippen molar-refractivity contribution in [2.75, 3.05) is 39.8 Å². The normalized spacial score (nSPS) is 18.7. The lowest BCUT2D eigenvalue weighted by Gasteiger charge is -2.37. The van der Waals surface area contributed by atoms with Gasteiger partial charge in [0.1, 0.15) is 6.33 Å². The van der Waals surface area contributed by atoms with Crippen molar-refractivity contribution in [3.8, 4) is 22.5 Å². The van der Waals surface area contributed by atoms with E-state index >= 15 is 0 Å². The number of thiophene rings is 2. The highest BCUT2D eigenvalue weighted by atomic mass is 32.1. The van der Waals surface area contributed by atoms with E-state index in [0.717, 1.165) is 98.0 Å². The van der Waals surface area contributed by atoms with Crippen molar-refractivity contribution in [1.29, 1.82) is 0 Å².